The van der Waals surface area contributed by atoms with Gasteiger partial charge in [0.1, 0.15) is 25.1 Å². The molecule has 3 saturated heterocycles. The fraction of sp³-hybridized carbons (Fsp3) is 0.792. The SMILES string of the molecule is COc1ccc(C)c(CC(=O)OC2CC3CCCC(C2)N3CCCCCCNC(=O)COCCOCC(=O)CCCCCCC(=O)N2CCC(COP(O)(=S)OC)(COP(O)(=S)OCCOP(O)(=S)OC)CC2)c1. The predicted molar refractivity (Wildman–Crippen MR) is 290 cm³/mol. The number of hydrogen-bond donors (Lipinski definition) is 4. The number of rotatable bonds is 38. The Hall–Kier alpha value is -1.43. The highest BCUT2D eigenvalue weighted by Gasteiger charge is 2.41. The van der Waals surface area contributed by atoms with E-state index in [0.29, 0.717) is 70.2 Å². The number of carbonyl (C=O) groups is 4. The number of carbonyl (C=O) groups excluding carboxylic acids is 4. The van der Waals surface area contributed by atoms with Gasteiger partial charge in [-0.3, -0.25) is 24.1 Å². The van der Waals surface area contributed by atoms with Gasteiger partial charge in [0.15, 0.2) is 5.78 Å². The van der Waals surface area contributed by atoms with E-state index in [1.165, 1.54) is 20.6 Å². The molecule has 1 aromatic carbocycles. The van der Waals surface area contributed by atoms with Gasteiger partial charge in [-0.25, -0.2) is 0 Å². The Morgan fingerprint density at radius 2 is 1.31 bits per heavy atom. The molecule has 74 heavy (non-hydrogen) atoms. The molecule has 5 atom stereocenters. The lowest BCUT2D eigenvalue weighted by molar-refractivity contribution is -0.154. The second-order valence-corrected chi connectivity index (χ2v) is 27.9. The van der Waals surface area contributed by atoms with Crippen LogP contribution in [0.3, 0.4) is 0 Å². The Labute approximate surface area is 453 Å². The minimum Gasteiger partial charge on any atom is -0.497 e. The third-order valence-electron chi connectivity index (χ3n) is 13.7. The number of unbranched alkanes of at least 4 members (excludes halogenated alkanes) is 6. The van der Waals surface area contributed by atoms with Crippen molar-refractivity contribution in [2.75, 3.05) is 100 Å². The second-order valence-electron chi connectivity index (χ2n) is 19.2. The Morgan fingerprint density at radius 1 is 0.730 bits per heavy atom. The first-order chi connectivity index (χ1) is 35.3. The van der Waals surface area contributed by atoms with E-state index in [-0.39, 0.29) is 88.9 Å². The molecule has 0 saturated carbocycles. The fourth-order valence-electron chi connectivity index (χ4n) is 9.39. The molecule has 2 bridgehead atoms. The van der Waals surface area contributed by atoms with Crippen molar-refractivity contribution in [3.63, 3.8) is 0 Å². The standard InChI is InChI=1S/C48H82N3O17P3S3/c1-38-18-19-43(59-2)30-39(38)31-47(55)68-44-32-40-14-13-15-41(33-44)51(40)23-12-8-7-11-22-49-45(53)35-63-27-26-62-34-42(52)16-9-5-6-10-17-46(54)50-24-20-48(21-25-50,36-66-70(57,73)61-4)37-67-71(58,74)65-29-28-64-69(56,72)60-3/h18-19,30,40-41,44H,5-17,20-29,31-37H2,1-4H3,(H,49,53)(H,56,72)(H,57,73)(H,58,74). The highest BCUT2D eigenvalue weighted by atomic mass is 32.5. The number of fused-ring (bicyclic) bond motifs is 2. The molecule has 0 spiro atoms. The lowest BCUT2D eigenvalue weighted by Gasteiger charge is -2.48. The molecule has 3 aliphatic heterocycles. The van der Waals surface area contributed by atoms with Gasteiger partial charge in [0.2, 0.25) is 11.8 Å². The molecule has 3 fully saturated rings. The number of piperidine rings is 3. The Morgan fingerprint density at radius 3 is 1.96 bits per heavy atom. The van der Waals surface area contributed by atoms with Crippen LogP contribution < -0.4 is 10.1 Å². The van der Waals surface area contributed by atoms with Crippen LogP contribution in [-0.2, 0) is 102 Å². The maximum Gasteiger partial charge on any atom is 0.324 e. The van der Waals surface area contributed by atoms with E-state index in [4.69, 9.17) is 77.0 Å². The van der Waals surface area contributed by atoms with Crippen LogP contribution in [0.5, 0.6) is 5.75 Å². The topological polar surface area (TPSA) is 240 Å². The van der Waals surface area contributed by atoms with Crippen LogP contribution >= 0.6 is 20.2 Å². The van der Waals surface area contributed by atoms with Gasteiger partial charge in [-0.05, 0) is 124 Å². The van der Waals surface area contributed by atoms with Crippen molar-refractivity contribution in [1.82, 2.24) is 15.1 Å². The maximum absolute atomic E-state index is 13.1. The van der Waals surface area contributed by atoms with Crippen molar-refractivity contribution in [2.45, 2.75) is 141 Å². The van der Waals surface area contributed by atoms with Crippen LogP contribution in [0, 0.1) is 12.3 Å². The number of ether oxygens (including phenoxy) is 4. The van der Waals surface area contributed by atoms with Gasteiger partial charge >= 0.3 is 26.1 Å². The average Bonchev–Trinajstić information content (AvgIpc) is 3.36. The van der Waals surface area contributed by atoms with E-state index in [9.17, 15) is 33.9 Å². The first kappa shape index (κ1) is 65.1. The molecule has 424 valence electrons. The summed E-state index contributed by atoms with van der Waals surface area (Å²) in [4.78, 5) is 85.6. The summed E-state index contributed by atoms with van der Waals surface area (Å²) in [6.07, 6.45) is 14.1. The van der Waals surface area contributed by atoms with Gasteiger partial charge in [0.25, 0.3) is 0 Å². The number of aryl methyl sites for hydroxylation is 1. The van der Waals surface area contributed by atoms with Gasteiger partial charge < -0.3 is 71.0 Å². The molecule has 0 aliphatic carbocycles. The zero-order valence-electron chi connectivity index (χ0n) is 43.7. The van der Waals surface area contributed by atoms with Crippen LogP contribution in [0.4, 0.5) is 0 Å². The first-order valence-electron chi connectivity index (χ1n) is 25.8. The summed E-state index contributed by atoms with van der Waals surface area (Å²) in [6.45, 7) is -6.50. The summed E-state index contributed by atoms with van der Waals surface area (Å²) in [5.74, 6) is 0.376. The lowest BCUT2D eigenvalue weighted by atomic mass is 9.80. The molecule has 0 radical (unpaired) electrons. The van der Waals surface area contributed by atoms with Crippen LogP contribution in [-0.4, -0.2) is 167 Å². The highest BCUT2D eigenvalue weighted by Crippen LogP contribution is 2.50. The molecule has 0 aromatic heterocycles. The molecule has 1 aromatic rings. The minimum absolute atomic E-state index is 0.00212. The van der Waals surface area contributed by atoms with Crippen molar-refractivity contribution in [2.24, 2.45) is 5.41 Å². The second kappa shape index (κ2) is 33.9. The number of amides is 2. The number of hydrogen-bond acceptors (Lipinski definition) is 18. The summed E-state index contributed by atoms with van der Waals surface area (Å²) in [5, 5.41) is 2.92. The van der Waals surface area contributed by atoms with Crippen molar-refractivity contribution < 1.29 is 79.9 Å². The Kier molecular flexibility index (Phi) is 29.8. The molecule has 5 unspecified atom stereocenters. The third kappa shape index (κ3) is 25.1. The van der Waals surface area contributed by atoms with Gasteiger partial charge in [0.05, 0.1) is 53.2 Å². The zero-order chi connectivity index (χ0) is 54.0. The summed E-state index contributed by atoms with van der Waals surface area (Å²) in [5.41, 5.74) is 1.23. The Balaban J connectivity index is 0.963. The van der Waals surface area contributed by atoms with Crippen LogP contribution in [0.15, 0.2) is 18.2 Å². The highest BCUT2D eigenvalue weighted by molar-refractivity contribution is 8.07. The van der Waals surface area contributed by atoms with E-state index in [0.717, 1.165) is 87.6 Å². The molecule has 4 N–H and O–H groups in total. The number of nitrogens with one attached hydrogen (secondary N) is 1. The largest absolute Gasteiger partial charge is 0.497 e. The third-order valence-corrected chi connectivity index (χ3v) is 18.7. The number of esters is 1. The Bertz CT molecular complexity index is 2040. The zero-order valence-corrected chi connectivity index (χ0v) is 48.8. The number of Topliss-reactive ketones (excluding diaryl/α,β-unsaturated/α-hetero) is 1. The van der Waals surface area contributed by atoms with E-state index < -0.39 is 25.6 Å². The molecular formula is C48H82N3O17P3S3. The number of methoxy groups -OCH3 is 1. The minimum atomic E-state index is -3.75. The first-order valence-corrected chi connectivity index (χ1v) is 33.5. The molecule has 26 heteroatoms. The maximum atomic E-state index is 13.1. The van der Waals surface area contributed by atoms with Gasteiger partial charge in [0, 0.05) is 77.0 Å². The van der Waals surface area contributed by atoms with Gasteiger partial charge in [-0.2, -0.15) is 0 Å². The van der Waals surface area contributed by atoms with Crippen molar-refractivity contribution in [3.8, 4) is 5.75 Å². The molecular weight excluding hydrogens is 1080 g/mol. The monoisotopic (exact) mass is 1160 g/mol. The van der Waals surface area contributed by atoms with Crippen LogP contribution in [0.1, 0.15) is 120 Å². The van der Waals surface area contributed by atoms with E-state index in [1.807, 2.05) is 25.1 Å². The quantitative estimate of drug-likeness (QED) is 0.0306. The smallest absolute Gasteiger partial charge is 0.324 e. The number of nitrogens with zero attached hydrogens (tertiary/aromatic N) is 2. The molecule has 3 aliphatic rings. The van der Waals surface area contributed by atoms with Crippen molar-refractivity contribution in [3.05, 3.63) is 29.3 Å². The van der Waals surface area contributed by atoms with Gasteiger partial charge in [-0.15, -0.1) is 0 Å². The summed E-state index contributed by atoms with van der Waals surface area (Å²) in [6, 6.07) is 6.69. The van der Waals surface area contributed by atoms with Crippen molar-refractivity contribution in [1.29, 1.82) is 0 Å². The van der Waals surface area contributed by atoms with E-state index in [1.54, 1.807) is 12.0 Å². The molecule has 4 rings (SSSR count). The summed E-state index contributed by atoms with van der Waals surface area (Å²) in [7, 11) is 4.09. The normalized spacial score (nSPS) is 21.2. The summed E-state index contributed by atoms with van der Waals surface area (Å²) >= 11 is 14.9. The number of likely N-dealkylation sites (tertiary alicyclic amines) is 1. The van der Waals surface area contributed by atoms with Crippen molar-refractivity contribution >= 4 is 79.1 Å². The molecule has 20 nitrogen and oxygen atoms in total. The van der Waals surface area contributed by atoms with Crippen LogP contribution in [0.25, 0.3) is 0 Å². The number of ketones is 1. The average molecular weight is 1160 g/mol. The van der Waals surface area contributed by atoms with E-state index >= 15 is 0 Å². The predicted octanol–water partition coefficient (Wildman–Crippen LogP) is 6.71. The fourth-order valence-corrected chi connectivity index (χ4v) is 11.9. The number of benzene rings is 1. The molecule has 2 amide bonds. The lowest BCUT2D eigenvalue weighted by Crippen LogP contribution is -2.54. The molecule has 3 heterocycles. The van der Waals surface area contributed by atoms with Gasteiger partial charge in [-0.1, -0.05) is 38.2 Å². The van der Waals surface area contributed by atoms with E-state index in [2.05, 4.69) is 14.7 Å². The summed E-state index contributed by atoms with van der Waals surface area (Å²) < 4.78 is 53.4. The van der Waals surface area contributed by atoms with Crippen LogP contribution in [0.2, 0.25) is 0 Å².